The van der Waals surface area contributed by atoms with Crippen molar-refractivity contribution >= 4 is 17.7 Å². The zero-order valence-electron chi connectivity index (χ0n) is 13.8. The Bertz CT molecular complexity index is 779. The normalized spacial score (nSPS) is 14.3. The number of aromatic nitrogens is 4. The maximum absolute atomic E-state index is 12.5. The molecule has 1 heterocycles. The molecule has 0 aliphatic heterocycles. The number of benzene rings is 1. The lowest BCUT2D eigenvalue weighted by Crippen LogP contribution is -2.28. The molecule has 1 fully saturated rings. The molecule has 0 N–H and O–H groups in total. The van der Waals surface area contributed by atoms with Crippen LogP contribution in [0.3, 0.4) is 0 Å². The molecule has 0 atom stereocenters. The van der Waals surface area contributed by atoms with Gasteiger partial charge >= 0.3 is 6.36 Å². The molecule has 7 nitrogen and oxygen atoms in total. The molecule has 0 bridgehead atoms. The Hall–Kier alpha value is -2.30. The fourth-order valence-electron chi connectivity index (χ4n) is 2.27. The van der Waals surface area contributed by atoms with Crippen LogP contribution in [-0.2, 0) is 11.3 Å². The van der Waals surface area contributed by atoms with Gasteiger partial charge in [-0.3, -0.25) is 4.79 Å². The van der Waals surface area contributed by atoms with Gasteiger partial charge < -0.3 is 9.64 Å². The second-order valence-corrected chi connectivity index (χ2v) is 6.77. The minimum atomic E-state index is -4.78. The quantitative estimate of drug-likeness (QED) is 0.680. The van der Waals surface area contributed by atoms with Crippen LogP contribution in [0.5, 0.6) is 5.75 Å². The first-order chi connectivity index (χ1) is 12.3. The van der Waals surface area contributed by atoms with Gasteiger partial charge in [-0.05, 0) is 29.3 Å². The largest absolute Gasteiger partial charge is 0.573 e. The summed E-state index contributed by atoms with van der Waals surface area (Å²) >= 11 is 1.21. The van der Waals surface area contributed by atoms with Crippen molar-refractivity contribution in [3.05, 3.63) is 29.8 Å². The first-order valence-electron chi connectivity index (χ1n) is 7.82. The molecule has 0 spiro atoms. The third-order valence-corrected chi connectivity index (χ3v) is 4.63. The van der Waals surface area contributed by atoms with Gasteiger partial charge in [-0.25, -0.2) is 4.68 Å². The van der Waals surface area contributed by atoms with E-state index in [1.54, 1.807) is 10.7 Å². The summed E-state index contributed by atoms with van der Waals surface area (Å²) in [6, 6.07) is 6.05. The number of ether oxygens (including phenoxy) is 1. The summed E-state index contributed by atoms with van der Waals surface area (Å²) in [4.78, 5) is 13.6. The molecule has 3 rings (SSSR count). The summed E-state index contributed by atoms with van der Waals surface area (Å²) in [7, 11) is 1.52. The second-order valence-electron chi connectivity index (χ2n) is 5.83. The molecule has 1 aliphatic rings. The highest BCUT2D eigenvalue weighted by Crippen LogP contribution is 2.36. The standard InChI is InChI=1S/C15H16F3N5O2S/c1-22(8-10-4-2-3-5-12(10)25-15(16,17)18)13(24)9-26-14-19-20-21-23(14)11-6-7-11/h2-5,11H,6-9H2,1H3. The summed E-state index contributed by atoms with van der Waals surface area (Å²) in [6.07, 6.45) is -2.75. The number of amides is 1. The van der Waals surface area contributed by atoms with E-state index in [-0.39, 0.29) is 29.5 Å². The van der Waals surface area contributed by atoms with Gasteiger partial charge in [-0.1, -0.05) is 30.0 Å². The highest BCUT2D eigenvalue weighted by molar-refractivity contribution is 7.99. The highest BCUT2D eigenvalue weighted by atomic mass is 32.2. The van der Waals surface area contributed by atoms with Crippen molar-refractivity contribution in [3.63, 3.8) is 0 Å². The fraction of sp³-hybridized carbons (Fsp3) is 0.467. The maximum Gasteiger partial charge on any atom is 0.573 e. The number of carbonyl (C=O) groups is 1. The van der Waals surface area contributed by atoms with Crippen molar-refractivity contribution in [2.75, 3.05) is 12.8 Å². The van der Waals surface area contributed by atoms with Crippen molar-refractivity contribution < 1.29 is 22.7 Å². The first kappa shape index (κ1) is 18.5. The van der Waals surface area contributed by atoms with Gasteiger partial charge in [0.2, 0.25) is 11.1 Å². The summed E-state index contributed by atoms with van der Waals surface area (Å²) < 4.78 is 43.1. The molecule has 0 unspecified atom stereocenters. The number of halogens is 3. The number of hydrogen-bond donors (Lipinski definition) is 0. The molecular formula is C15H16F3N5O2S. The Morgan fingerprint density at radius 2 is 2.12 bits per heavy atom. The molecule has 26 heavy (non-hydrogen) atoms. The molecular weight excluding hydrogens is 371 g/mol. The Labute approximate surface area is 151 Å². The lowest BCUT2D eigenvalue weighted by Gasteiger charge is -2.19. The van der Waals surface area contributed by atoms with Crippen LogP contribution in [0.2, 0.25) is 0 Å². The van der Waals surface area contributed by atoms with E-state index in [4.69, 9.17) is 0 Å². The van der Waals surface area contributed by atoms with Gasteiger partial charge in [0.05, 0.1) is 11.8 Å². The number of rotatable bonds is 7. The number of tetrazole rings is 1. The van der Waals surface area contributed by atoms with E-state index in [1.807, 2.05) is 0 Å². The summed E-state index contributed by atoms with van der Waals surface area (Å²) in [6.45, 7) is -0.000782. The minimum absolute atomic E-state index is 0.000782. The predicted molar refractivity (Wildman–Crippen MR) is 86.4 cm³/mol. The topological polar surface area (TPSA) is 73.1 Å². The monoisotopic (exact) mass is 387 g/mol. The van der Waals surface area contributed by atoms with Crippen LogP contribution < -0.4 is 4.74 Å². The van der Waals surface area contributed by atoms with Gasteiger partial charge in [0, 0.05) is 19.2 Å². The van der Waals surface area contributed by atoms with Gasteiger partial charge in [-0.2, -0.15) is 0 Å². The van der Waals surface area contributed by atoms with Crippen LogP contribution in [-0.4, -0.2) is 50.2 Å². The Balaban J connectivity index is 1.58. The van der Waals surface area contributed by atoms with E-state index in [0.29, 0.717) is 11.2 Å². The maximum atomic E-state index is 12.5. The van der Waals surface area contributed by atoms with Crippen LogP contribution in [0.1, 0.15) is 24.4 Å². The van der Waals surface area contributed by atoms with E-state index in [0.717, 1.165) is 12.8 Å². The molecule has 1 aromatic carbocycles. The van der Waals surface area contributed by atoms with Crippen molar-refractivity contribution in [3.8, 4) is 5.75 Å². The SMILES string of the molecule is CN(Cc1ccccc1OC(F)(F)F)C(=O)CSc1nnnn1C1CC1. The van der Waals surface area contributed by atoms with Crippen LogP contribution in [0.25, 0.3) is 0 Å². The smallest absolute Gasteiger partial charge is 0.405 e. The van der Waals surface area contributed by atoms with Gasteiger partial charge in [0.15, 0.2) is 0 Å². The number of hydrogen-bond acceptors (Lipinski definition) is 6. The minimum Gasteiger partial charge on any atom is -0.405 e. The van der Waals surface area contributed by atoms with Crippen LogP contribution in [0.15, 0.2) is 29.4 Å². The molecule has 11 heteroatoms. The Morgan fingerprint density at radius 3 is 2.81 bits per heavy atom. The van der Waals surface area contributed by atoms with E-state index < -0.39 is 6.36 Å². The van der Waals surface area contributed by atoms with Crippen LogP contribution in [0, 0.1) is 0 Å². The number of para-hydroxylation sites is 1. The van der Waals surface area contributed by atoms with E-state index >= 15 is 0 Å². The van der Waals surface area contributed by atoms with Gasteiger partial charge in [0.1, 0.15) is 5.75 Å². The molecule has 1 saturated carbocycles. The lowest BCUT2D eigenvalue weighted by molar-refractivity contribution is -0.275. The van der Waals surface area contributed by atoms with Crippen molar-refractivity contribution in [1.29, 1.82) is 0 Å². The summed E-state index contributed by atoms with van der Waals surface area (Å²) in [5.41, 5.74) is 0.272. The Kier molecular flexibility index (Phi) is 5.35. The second kappa shape index (κ2) is 7.52. The van der Waals surface area contributed by atoms with E-state index in [9.17, 15) is 18.0 Å². The van der Waals surface area contributed by atoms with Crippen molar-refractivity contribution in [1.82, 2.24) is 25.1 Å². The van der Waals surface area contributed by atoms with Crippen LogP contribution >= 0.6 is 11.8 Å². The van der Waals surface area contributed by atoms with E-state index in [2.05, 4.69) is 20.3 Å². The van der Waals surface area contributed by atoms with Gasteiger partial charge in [0.25, 0.3) is 0 Å². The third-order valence-electron chi connectivity index (χ3n) is 3.71. The molecule has 0 radical (unpaired) electrons. The zero-order chi connectivity index (χ0) is 18.7. The summed E-state index contributed by atoms with van der Waals surface area (Å²) in [5, 5.41) is 12.0. The number of carbonyl (C=O) groups excluding carboxylic acids is 1. The van der Waals surface area contributed by atoms with Crippen LogP contribution in [0.4, 0.5) is 13.2 Å². The number of thioether (sulfide) groups is 1. The first-order valence-corrected chi connectivity index (χ1v) is 8.80. The predicted octanol–water partition coefficient (Wildman–Crippen LogP) is 2.66. The number of alkyl halides is 3. The molecule has 2 aromatic rings. The summed E-state index contributed by atoms with van der Waals surface area (Å²) in [5.74, 6) is -0.474. The average Bonchev–Trinajstić information content (AvgIpc) is 3.31. The zero-order valence-corrected chi connectivity index (χ0v) is 14.6. The molecule has 1 amide bonds. The fourth-order valence-corrected chi connectivity index (χ4v) is 3.15. The van der Waals surface area contributed by atoms with Crippen molar-refractivity contribution in [2.45, 2.75) is 36.9 Å². The molecule has 140 valence electrons. The number of nitrogens with zero attached hydrogens (tertiary/aromatic N) is 5. The van der Waals surface area contributed by atoms with Gasteiger partial charge in [-0.15, -0.1) is 18.3 Å². The third kappa shape index (κ3) is 4.87. The highest BCUT2D eigenvalue weighted by Gasteiger charge is 2.32. The van der Waals surface area contributed by atoms with Crippen molar-refractivity contribution in [2.24, 2.45) is 0 Å². The molecule has 1 aliphatic carbocycles. The molecule has 1 aromatic heterocycles. The Morgan fingerprint density at radius 1 is 1.38 bits per heavy atom. The average molecular weight is 387 g/mol. The lowest BCUT2D eigenvalue weighted by atomic mass is 10.2. The molecule has 0 saturated heterocycles. The van der Waals surface area contributed by atoms with E-state index in [1.165, 1.54) is 41.9 Å².